The number of aryl methyl sites for hydroxylation is 2. The van der Waals surface area contributed by atoms with Gasteiger partial charge in [-0.1, -0.05) is 36.4 Å². The minimum Gasteiger partial charge on any atom is -0.454 e. The maximum Gasteiger partial charge on any atom is 0.322 e. The first-order chi connectivity index (χ1) is 16.9. The number of amides is 3. The average Bonchev–Trinajstić information content (AvgIpc) is 3.52. The predicted molar refractivity (Wildman–Crippen MR) is 138 cm³/mol. The predicted octanol–water partition coefficient (Wildman–Crippen LogP) is 5.34. The van der Waals surface area contributed by atoms with E-state index >= 15 is 0 Å². The Labute approximate surface area is 209 Å². The molecule has 0 saturated carbocycles. The van der Waals surface area contributed by atoms with E-state index in [1.54, 1.807) is 22.3 Å². The van der Waals surface area contributed by atoms with Gasteiger partial charge in [-0.15, -0.1) is 17.9 Å². The van der Waals surface area contributed by atoms with Gasteiger partial charge in [-0.25, -0.2) is 4.79 Å². The Morgan fingerprint density at radius 1 is 1.03 bits per heavy atom. The molecule has 182 valence electrons. The molecule has 3 aromatic rings. The largest absolute Gasteiger partial charge is 0.454 e. The molecule has 0 saturated heterocycles. The molecule has 0 radical (unpaired) electrons. The lowest BCUT2D eigenvalue weighted by Crippen LogP contribution is -2.44. The van der Waals surface area contributed by atoms with Crippen molar-refractivity contribution in [1.29, 1.82) is 0 Å². The lowest BCUT2D eigenvalue weighted by atomic mass is 10.1. The molecule has 0 bridgehead atoms. The fraction of sp³-hybridized carbons (Fsp3) is 0.259. The molecule has 1 aliphatic heterocycles. The van der Waals surface area contributed by atoms with Crippen LogP contribution < -0.4 is 14.8 Å². The number of nitrogens with zero attached hydrogens (tertiary/aromatic N) is 2. The summed E-state index contributed by atoms with van der Waals surface area (Å²) in [5, 5.41) is 4.96. The van der Waals surface area contributed by atoms with Gasteiger partial charge in [0.25, 0.3) is 0 Å². The number of para-hydroxylation sites is 1. The summed E-state index contributed by atoms with van der Waals surface area (Å²) in [5.74, 6) is 1.21. The number of benzene rings is 2. The van der Waals surface area contributed by atoms with Crippen molar-refractivity contribution in [2.75, 3.05) is 25.2 Å². The third-order valence-corrected chi connectivity index (χ3v) is 6.63. The summed E-state index contributed by atoms with van der Waals surface area (Å²) in [6, 6.07) is 15.1. The highest BCUT2D eigenvalue weighted by molar-refractivity contribution is 7.09. The number of hydrogen-bond acceptors (Lipinski definition) is 5. The van der Waals surface area contributed by atoms with E-state index in [0.29, 0.717) is 24.6 Å². The van der Waals surface area contributed by atoms with Crippen molar-refractivity contribution >= 4 is 29.0 Å². The monoisotopic (exact) mass is 491 g/mol. The second kappa shape index (κ2) is 11.1. The van der Waals surface area contributed by atoms with Crippen LogP contribution in [0.5, 0.6) is 11.5 Å². The van der Waals surface area contributed by atoms with E-state index in [1.165, 1.54) is 4.90 Å². The third-order valence-electron chi connectivity index (χ3n) is 5.77. The summed E-state index contributed by atoms with van der Waals surface area (Å²) in [5.41, 5.74) is 3.61. The van der Waals surface area contributed by atoms with Gasteiger partial charge in [0.15, 0.2) is 11.5 Å². The Kier molecular flexibility index (Phi) is 7.72. The molecular weight excluding hydrogens is 462 g/mol. The number of thiophene rings is 1. The summed E-state index contributed by atoms with van der Waals surface area (Å²) in [7, 11) is 0. The van der Waals surface area contributed by atoms with Gasteiger partial charge < -0.3 is 24.6 Å². The average molecular weight is 492 g/mol. The van der Waals surface area contributed by atoms with Crippen molar-refractivity contribution in [3.8, 4) is 11.5 Å². The number of anilines is 1. The van der Waals surface area contributed by atoms with Crippen LogP contribution in [-0.2, 0) is 17.9 Å². The number of fused-ring (bicyclic) bond motifs is 1. The normalized spacial score (nSPS) is 11.7. The quantitative estimate of drug-likeness (QED) is 0.410. The first kappa shape index (κ1) is 24.3. The van der Waals surface area contributed by atoms with Gasteiger partial charge in [-0.2, -0.15) is 0 Å². The summed E-state index contributed by atoms with van der Waals surface area (Å²) < 4.78 is 10.9. The van der Waals surface area contributed by atoms with Crippen molar-refractivity contribution in [3.63, 3.8) is 0 Å². The highest BCUT2D eigenvalue weighted by atomic mass is 32.1. The van der Waals surface area contributed by atoms with Crippen LogP contribution in [0.25, 0.3) is 0 Å². The van der Waals surface area contributed by atoms with Crippen molar-refractivity contribution in [3.05, 3.63) is 88.1 Å². The van der Waals surface area contributed by atoms with Crippen LogP contribution in [-0.4, -0.2) is 41.6 Å². The molecule has 0 atom stereocenters. The molecule has 2 aromatic carbocycles. The topological polar surface area (TPSA) is 71.1 Å². The SMILES string of the molecule is C=CCN(CC(=O)N(Cc1ccc2c(c1)OCO2)Cc1cccs1)C(=O)Nc1c(C)cccc1C. The van der Waals surface area contributed by atoms with E-state index in [-0.39, 0.29) is 31.8 Å². The summed E-state index contributed by atoms with van der Waals surface area (Å²) in [6.07, 6.45) is 1.62. The smallest absolute Gasteiger partial charge is 0.322 e. The molecule has 35 heavy (non-hydrogen) atoms. The number of urea groups is 1. The fourth-order valence-corrected chi connectivity index (χ4v) is 4.64. The Hall–Kier alpha value is -3.78. The van der Waals surface area contributed by atoms with Gasteiger partial charge in [0.05, 0.1) is 6.54 Å². The van der Waals surface area contributed by atoms with Crippen LogP contribution in [0, 0.1) is 13.8 Å². The van der Waals surface area contributed by atoms with Gasteiger partial charge in [0.2, 0.25) is 12.7 Å². The lowest BCUT2D eigenvalue weighted by molar-refractivity contribution is -0.132. The molecule has 1 aliphatic rings. The summed E-state index contributed by atoms with van der Waals surface area (Å²) in [4.78, 5) is 30.9. The zero-order valence-corrected chi connectivity index (χ0v) is 20.8. The van der Waals surface area contributed by atoms with Crippen LogP contribution in [0.4, 0.5) is 10.5 Å². The number of ether oxygens (including phenoxy) is 2. The molecule has 8 heteroatoms. The Balaban J connectivity index is 1.51. The highest BCUT2D eigenvalue weighted by Gasteiger charge is 2.23. The second-order valence-electron chi connectivity index (χ2n) is 8.38. The van der Waals surface area contributed by atoms with Crippen LogP contribution >= 0.6 is 11.3 Å². The molecule has 3 amide bonds. The fourth-order valence-electron chi connectivity index (χ4n) is 3.92. The van der Waals surface area contributed by atoms with E-state index < -0.39 is 0 Å². The molecule has 4 rings (SSSR count). The van der Waals surface area contributed by atoms with Crippen LogP contribution in [0.3, 0.4) is 0 Å². The molecule has 0 unspecified atom stereocenters. The Morgan fingerprint density at radius 3 is 2.51 bits per heavy atom. The molecule has 0 fully saturated rings. The van der Waals surface area contributed by atoms with E-state index in [4.69, 9.17) is 9.47 Å². The molecule has 1 aromatic heterocycles. The third kappa shape index (κ3) is 6.02. The molecule has 2 heterocycles. The van der Waals surface area contributed by atoms with Crippen LogP contribution in [0.2, 0.25) is 0 Å². The van der Waals surface area contributed by atoms with Gasteiger partial charge in [0.1, 0.15) is 6.54 Å². The number of carbonyl (C=O) groups excluding carboxylic acids is 2. The molecule has 0 aliphatic carbocycles. The van der Waals surface area contributed by atoms with Crippen LogP contribution in [0.1, 0.15) is 21.6 Å². The van der Waals surface area contributed by atoms with E-state index in [0.717, 1.165) is 27.3 Å². The standard InChI is InChI=1S/C27H29N3O4S/c1-4-12-29(27(32)28-26-19(2)7-5-8-20(26)3)17-25(31)30(16-22-9-6-13-35-22)15-21-10-11-23-24(14-21)34-18-33-23/h4-11,13-14H,1,12,15-18H2,2-3H3,(H,28,32). The van der Waals surface area contributed by atoms with Crippen molar-refractivity contribution in [2.45, 2.75) is 26.9 Å². The number of nitrogens with one attached hydrogen (secondary N) is 1. The van der Waals surface area contributed by atoms with Crippen molar-refractivity contribution in [2.24, 2.45) is 0 Å². The number of hydrogen-bond donors (Lipinski definition) is 1. The number of rotatable bonds is 9. The minimum atomic E-state index is -0.338. The van der Waals surface area contributed by atoms with Gasteiger partial charge in [-0.05, 0) is 54.1 Å². The van der Waals surface area contributed by atoms with Crippen molar-refractivity contribution in [1.82, 2.24) is 9.80 Å². The molecular formula is C27H29N3O4S. The highest BCUT2D eigenvalue weighted by Crippen LogP contribution is 2.33. The lowest BCUT2D eigenvalue weighted by Gasteiger charge is -2.27. The second-order valence-corrected chi connectivity index (χ2v) is 9.42. The van der Waals surface area contributed by atoms with Gasteiger partial charge in [0, 0.05) is 23.7 Å². The summed E-state index contributed by atoms with van der Waals surface area (Å²) >= 11 is 1.59. The molecule has 0 spiro atoms. The zero-order chi connectivity index (χ0) is 24.8. The van der Waals surface area contributed by atoms with E-state index in [2.05, 4.69) is 11.9 Å². The summed E-state index contributed by atoms with van der Waals surface area (Å²) in [6.45, 7) is 8.86. The molecule has 7 nitrogen and oxygen atoms in total. The Bertz CT molecular complexity index is 1190. The first-order valence-corrected chi connectivity index (χ1v) is 12.2. The van der Waals surface area contributed by atoms with E-state index in [9.17, 15) is 9.59 Å². The van der Waals surface area contributed by atoms with Crippen LogP contribution in [0.15, 0.2) is 66.6 Å². The Morgan fingerprint density at radius 2 is 1.80 bits per heavy atom. The molecule has 1 N–H and O–H groups in total. The van der Waals surface area contributed by atoms with E-state index in [1.807, 2.05) is 67.8 Å². The van der Waals surface area contributed by atoms with Crippen molar-refractivity contribution < 1.29 is 19.1 Å². The maximum absolute atomic E-state index is 13.5. The van der Waals surface area contributed by atoms with Gasteiger partial charge in [-0.3, -0.25) is 4.79 Å². The zero-order valence-electron chi connectivity index (χ0n) is 20.0. The maximum atomic E-state index is 13.5. The number of carbonyl (C=O) groups is 2. The van der Waals surface area contributed by atoms with Gasteiger partial charge >= 0.3 is 6.03 Å². The minimum absolute atomic E-state index is 0.0707. The first-order valence-electron chi connectivity index (χ1n) is 11.4.